The normalized spacial score (nSPS) is 17.7. The molecule has 1 aliphatic rings. The summed E-state index contributed by atoms with van der Waals surface area (Å²) in [4.78, 5) is 11.2. The van der Waals surface area contributed by atoms with Crippen LogP contribution in [-0.4, -0.2) is 59.4 Å². The second-order valence-corrected chi connectivity index (χ2v) is 6.31. The van der Waals surface area contributed by atoms with Crippen molar-refractivity contribution in [2.45, 2.75) is 19.9 Å². The third-order valence-corrected chi connectivity index (χ3v) is 4.28. The summed E-state index contributed by atoms with van der Waals surface area (Å²) in [7, 11) is 2.09. The first-order valence-corrected chi connectivity index (χ1v) is 8.78. The molecule has 0 amide bonds. The molecule has 0 aliphatic carbocycles. The van der Waals surface area contributed by atoms with Gasteiger partial charge in [-0.25, -0.2) is 9.98 Å². The van der Waals surface area contributed by atoms with Gasteiger partial charge in [0.15, 0.2) is 11.8 Å². The minimum atomic E-state index is 0.587. The molecule has 7 heteroatoms. The van der Waals surface area contributed by atoms with E-state index in [1.807, 2.05) is 12.1 Å². The maximum Gasteiger partial charge on any atom is 0.193 e. The first kappa shape index (κ1) is 17.4. The monoisotopic (exact) mass is 342 g/mol. The third kappa shape index (κ3) is 4.79. The molecule has 1 aliphatic heterocycles. The number of ether oxygens (including phenoxy) is 1. The van der Waals surface area contributed by atoms with Gasteiger partial charge in [-0.15, -0.1) is 0 Å². The lowest BCUT2D eigenvalue weighted by Gasteiger charge is -2.24. The predicted octanol–water partition coefficient (Wildman–Crippen LogP) is 1.91. The molecule has 1 fully saturated rings. The Hall–Kier alpha value is -2.41. The summed E-state index contributed by atoms with van der Waals surface area (Å²) in [6, 6.07) is 8.22. The van der Waals surface area contributed by atoms with Crippen molar-refractivity contribution in [3.63, 3.8) is 0 Å². The summed E-state index contributed by atoms with van der Waals surface area (Å²) in [5, 5.41) is 10.2. The van der Waals surface area contributed by atoms with Gasteiger partial charge in [0, 0.05) is 38.2 Å². The molecule has 0 saturated carbocycles. The van der Waals surface area contributed by atoms with E-state index in [1.165, 1.54) is 6.33 Å². The van der Waals surface area contributed by atoms with Crippen molar-refractivity contribution in [3.05, 3.63) is 36.2 Å². The molecule has 7 nitrogen and oxygen atoms in total. The smallest absolute Gasteiger partial charge is 0.193 e. The van der Waals surface area contributed by atoms with Crippen LogP contribution >= 0.6 is 0 Å². The summed E-state index contributed by atoms with van der Waals surface area (Å²) < 4.78 is 5.47. The number of aromatic nitrogens is 3. The van der Waals surface area contributed by atoms with Gasteiger partial charge in [0.25, 0.3) is 0 Å². The van der Waals surface area contributed by atoms with Crippen molar-refractivity contribution in [2.24, 2.45) is 10.9 Å². The summed E-state index contributed by atoms with van der Waals surface area (Å²) >= 11 is 0. The number of nitrogens with zero attached hydrogens (tertiary/aromatic N) is 4. The second-order valence-electron chi connectivity index (χ2n) is 6.31. The van der Waals surface area contributed by atoms with Crippen LogP contribution in [0.2, 0.25) is 0 Å². The van der Waals surface area contributed by atoms with Gasteiger partial charge >= 0.3 is 0 Å². The first-order chi connectivity index (χ1) is 12.3. The highest BCUT2D eigenvalue weighted by molar-refractivity contribution is 5.79. The van der Waals surface area contributed by atoms with Crippen molar-refractivity contribution < 1.29 is 4.74 Å². The Bertz CT molecular complexity index is 679. The van der Waals surface area contributed by atoms with Gasteiger partial charge in [-0.3, -0.25) is 5.10 Å². The summed E-state index contributed by atoms with van der Waals surface area (Å²) in [5.41, 5.74) is 2.16. The third-order valence-electron chi connectivity index (χ3n) is 4.28. The molecule has 0 spiro atoms. The van der Waals surface area contributed by atoms with E-state index in [0.717, 1.165) is 55.6 Å². The Morgan fingerprint density at radius 2 is 2.40 bits per heavy atom. The number of benzene rings is 1. The molecule has 1 aromatic heterocycles. The number of aromatic amines is 1. The van der Waals surface area contributed by atoms with Crippen LogP contribution in [0.1, 0.15) is 18.9 Å². The van der Waals surface area contributed by atoms with Gasteiger partial charge in [0.2, 0.25) is 0 Å². The highest BCUT2D eigenvalue weighted by Gasteiger charge is 2.19. The van der Waals surface area contributed by atoms with Gasteiger partial charge < -0.3 is 15.0 Å². The highest BCUT2D eigenvalue weighted by atomic mass is 16.5. The molecular formula is C18H26N6O. The fourth-order valence-electron chi connectivity index (χ4n) is 3.00. The summed E-state index contributed by atoms with van der Waals surface area (Å²) in [5.74, 6) is 2.29. The van der Waals surface area contributed by atoms with Crippen molar-refractivity contribution in [1.29, 1.82) is 0 Å². The number of guanidine groups is 1. The van der Waals surface area contributed by atoms with E-state index in [2.05, 4.69) is 51.5 Å². The minimum absolute atomic E-state index is 0.587. The number of hydrogen-bond donors (Lipinski definition) is 2. The molecule has 1 atom stereocenters. The Kier molecular flexibility index (Phi) is 6.00. The topological polar surface area (TPSA) is 78.4 Å². The van der Waals surface area contributed by atoms with Crippen molar-refractivity contribution in [3.8, 4) is 11.4 Å². The lowest BCUT2D eigenvalue weighted by Crippen LogP contribution is -2.41. The Morgan fingerprint density at radius 1 is 1.48 bits per heavy atom. The predicted molar refractivity (Wildman–Crippen MR) is 98.2 cm³/mol. The van der Waals surface area contributed by atoms with Gasteiger partial charge in [-0.05, 0) is 25.0 Å². The van der Waals surface area contributed by atoms with E-state index in [4.69, 9.17) is 9.73 Å². The molecule has 25 heavy (non-hydrogen) atoms. The molecule has 1 unspecified atom stereocenters. The maximum atomic E-state index is 5.47. The average molecular weight is 342 g/mol. The van der Waals surface area contributed by atoms with Crippen LogP contribution in [0.25, 0.3) is 11.4 Å². The molecule has 3 rings (SSSR count). The molecule has 1 aromatic carbocycles. The molecular weight excluding hydrogens is 316 g/mol. The standard InChI is InChI=1S/C18H26N6O/c1-3-19-18(24(2)11-15-7-8-25-12-15)20-10-14-5-4-6-16(9-14)17-21-13-22-23-17/h4-6,9,13,15H,3,7-8,10-12H2,1-2H3,(H,19,20)(H,21,22,23). The van der Waals surface area contributed by atoms with E-state index < -0.39 is 0 Å². The second kappa shape index (κ2) is 8.62. The van der Waals surface area contributed by atoms with Crippen LogP contribution in [0.3, 0.4) is 0 Å². The zero-order chi connectivity index (χ0) is 17.5. The maximum absolute atomic E-state index is 5.47. The number of rotatable bonds is 6. The van der Waals surface area contributed by atoms with Gasteiger partial charge in [0.1, 0.15) is 6.33 Å². The number of nitrogens with one attached hydrogen (secondary N) is 2. The fourth-order valence-corrected chi connectivity index (χ4v) is 3.00. The zero-order valence-corrected chi connectivity index (χ0v) is 14.9. The highest BCUT2D eigenvalue weighted by Crippen LogP contribution is 2.16. The van der Waals surface area contributed by atoms with E-state index in [9.17, 15) is 0 Å². The van der Waals surface area contributed by atoms with E-state index >= 15 is 0 Å². The lowest BCUT2D eigenvalue weighted by atomic mass is 10.1. The molecule has 2 heterocycles. The lowest BCUT2D eigenvalue weighted by molar-refractivity contribution is 0.181. The van der Waals surface area contributed by atoms with Gasteiger partial charge in [-0.2, -0.15) is 5.10 Å². The minimum Gasteiger partial charge on any atom is -0.381 e. The van der Waals surface area contributed by atoms with E-state index in [0.29, 0.717) is 12.5 Å². The molecule has 134 valence electrons. The number of H-pyrrole nitrogens is 1. The quantitative estimate of drug-likeness (QED) is 0.619. The largest absolute Gasteiger partial charge is 0.381 e. The summed E-state index contributed by atoms with van der Waals surface area (Å²) in [6.07, 6.45) is 2.65. The molecule has 1 saturated heterocycles. The van der Waals surface area contributed by atoms with Crippen molar-refractivity contribution in [2.75, 3.05) is 33.4 Å². The Labute approximate surface area is 148 Å². The number of aliphatic imine (C=N–C) groups is 1. The summed E-state index contributed by atoms with van der Waals surface area (Å²) in [6.45, 7) is 6.25. The first-order valence-electron chi connectivity index (χ1n) is 8.78. The fraction of sp³-hybridized carbons (Fsp3) is 0.500. The van der Waals surface area contributed by atoms with Crippen LogP contribution in [0.5, 0.6) is 0 Å². The van der Waals surface area contributed by atoms with Crippen LogP contribution in [0, 0.1) is 5.92 Å². The molecule has 2 N–H and O–H groups in total. The molecule has 0 radical (unpaired) electrons. The SMILES string of the molecule is CCNC(=NCc1cccc(-c2ncn[nH]2)c1)N(C)CC1CCOC1. The zero-order valence-electron chi connectivity index (χ0n) is 14.9. The Balaban J connectivity index is 1.67. The number of hydrogen-bond acceptors (Lipinski definition) is 4. The van der Waals surface area contributed by atoms with Crippen LogP contribution in [0.4, 0.5) is 0 Å². The van der Waals surface area contributed by atoms with Gasteiger partial charge in [-0.1, -0.05) is 18.2 Å². The van der Waals surface area contributed by atoms with E-state index in [-0.39, 0.29) is 0 Å². The Morgan fingerprint density at radius 3 is 3.12 bits per heavy atom. The van der Waals surface area contributed by atoms with Crippen LogP contribution in [0.15, 0.2) is 35.6 Å². The van der Waals surface area contributed by atoms with Crippen molar-refractivity contribution in [1.82, 2.24) is 25.4 Å². The van der Waals surface area contributed by atoms with E-state index in [1.54, 1.807) is 0 Å². The molecule has 0 bridgehead atoms. The van der Waals surface area contributed by atoms with Gasteiger partial charge in [0.05, 0.1) is 13.2 Å². The van der Waals surface area contributed by atoms with Crippen LogP contribution < -0.4 is 5.32 Å². The van der Waals surface area contributed by atoms with Crippen molar-refractivity contribution >= 4 is 5.96 Å². The van der Waals surface area contributed by atoms with Crippen LogP contribution in [-0.2, 0) is 11.3 Å². The average Bonchev–Trinajstić information content (AvgIpc) is 3.32. The molecule has 2 aromatic rings.